The highest BCUT2D eigenvalue weighted by molar-refractivity contribution is 7.99. The number of rotatable bonds is 8. The first-order valence-corrected chi connectivity index (χ1v) is 10.6. The third kappa shape index (κ3) is 5.74. The van der Waals surface area contributed by atoms with E-state index in [-0.39, 0.29) is 17.3 Å². The Kier molecular flexibility index (Phi) is 7.13. The van der Waals surface area contributed by atoms with Crippen LogP contribution in [0.3, 0.4) is 0 Å². The van der Waals surface area contributed by atoms with Gasteiger partial charge in [0, 0.05) is 24.9 Å². The number of hydrogen-bond donors (Lipinski definition) is 1. The molecule has 0 bridgehead atoms. The van der Waals surface area contributed by atoms with Gasteiger partial charge in [0.25, 0.3) is 5.69 Å². The Morgan fingerprint density at radius 3 is 2.84 bits per heavy atom. The van der Waals surface area contributed by atoms with E-state index in [0.29, 0.717) is 27.4 Å². The second-order valence-corrected chi connectivity index (χ2v) is 8.09. The summed E-state index contributed by atoms with van der Waals surface area (Å²) in [6.45, 7) is 3.79. The van der Waals surface area contributed by atoms with E-state index in [1.54, 1.807) is 23.7 Å². The van der Waals surface area contributed by atoms with Crippen LogP contribution in [0.1, 0.15) is 24.4 Å². The number of anilines is 1. The monoisotopic (exact) mass is 461 g/mol. The second-order valence-electron chi connectivity index (χ2n) is 6.74. The summed E-state index contributed by atoms with van der Waals surface area (Å²) in [5.74, 6) is 0.890. The van der Waals surface area contributed by atoms with E-state index in [1.807, 2.05) is 26.0 Å². The molecule has 3 aromatic rings. The van der Waals surface area contributed by atoms with Crippen molar-refractivity contribution in [3.63, 3.8) is 0 Å². The molecular weight excluding hydrogens is 442 g/mol. The van der Waals surface area contributed by atoms with Crippen LogP contribution in [0, 0.1) is 17.0 Å². The van der Waals surface area contributed by atoms with Gasteiger partial charge in [0.15, 0.2) is 17.1 Å². The number of carbonyl (C=O) groups is 1. The number of nitrogens with one attached hydrogen (secondary N) is 1. The van der Waals surface area contributed by atoms with Crippen LogP contribution in [-0.2, 0) is 11.8 Å². The van der Waals surface area contributed by atoms with E-state index < -0.39 is 11.0 Å². The average molecular weight is 462 g/mol. The zero-order chi connectivity index (χ0) is 22.5. The van der Waals surface area contributed by atoms with Crippen LogP contribution in [0.25, 0.3) is 0 Å². The van der Waals surface area contributed by atoms with Crippen LogP contribution in [0.5, 0.6) is 5.75 Å². The smallest absolute Gasteiger partial charge is 0.271 e. The lowest BCUT2D eigenvalue weighted by molar-refractivity contribution is -0.384. The molecule has 0 fully saturated rings. The largest absolute Gasteiger partial charge is 0.481 e. The van der Waals surface area contributed by atoms with Gasteiger partial charge >= 0.3 is 0 Å². The molecule has 9 nitrogen and oxygen atoms in total. The quantitative estimate of drug-likeness (QED) is 0.297. The molecule has 11 heteroatoms. The van der Waals surface area contributed by atoms with Gasteiger partial charge in [-0.05, 0) is 37.6 Å². The summed E-state index contributed by atoms with van der Waals surface area (Å²) >= 11 is 7.39. The van der Waals surface area contributed by atoms with Crippen LogP contribution in [-0.4, -0.2) is 31.3 Å². The van der Waals surface area contributed by atoms with Gasteiger partial charge in [0.05, 0.1) is 15.7 Å². The molecule has 0 saturated carbocycles. The minimum absolute atomic E-state index is 0.0631. The van der Waals surface area contributed by atoms with E-state index in [2.05, 4.69) is 15.5 Å². The van der Waals surface area contributed by atoms with Crippen molar-refractivity contribution >= 4 is 40.6 Å². The van der Waals surface area contributed by atoms with Gasteiger partial charge in [-0.2, -0.15) is 0 Å². The van der Waals surface area contributed by atoms with Gasteiger partial charge < -0.3 is 14.6 Å². The molecule has 0 saturated heterocycles. The number of hydrogen-bond acceptors (Lipinski definition) is 7. The molecule has 0 spiro atoms. The molecule has 1 amide bonds. The van der Waals surface area contributed by atoms with Crippen LogP contribution in [0.4, 0.5) is 11.4 Å². The molecule has 3 rings (SSSR count). The number of halogens is 1. The van der Waals surface area contributed by atoms with Crippen molar-refractivity contribution in [2.75, 3.05) is 11.1 Å². The van der Waals surface area contributed by atoms with Crippen molar-refractivity contribution in [1.29, 1.82) is 0 Å². The number of ether oxygens (including phenoxy) is 1. The third-order valence-corrected chi connectivity index (χ3v) is 5.63. The van der Waals surface area contributed by atoms with Crippen molar-refractivity contribution < 1.29 is 14.5 Å². The number of thioether (sulfide) groups is 1. The third-order valence-electron chi connectivity index (χ3n) is 4.30. The summed E-state index contributed by atoms with van der Waals surface area (Å²) < 4.78 is 7.69. The predicted octanol–water partition coefficient (Wildman–Crippen LogP) is 4.56. The number of nitro groups is 1. The van der Waals surface area contributed by atoms with Gasteiger partial charge in [0.1, 0.15) is 5.75 Å². The minimum Gasteiger partial charge on any atom is -0.481 e. The van der Waals surface area contributed by atoms with E-state index >= 15 is 0 Å². The molecule has 0 aliphatic heterocycles. The van der Waals surface area contributed by atoms with Crippen molar-refractivity contribution in [3.8, 4) is 5.75 Å². The highest BCUT2D eigenvalue weighted by Gasteiger charge is 2.19. The maximum Gasteiger partial charge on any atom is 0.271 e. The van der Waals surface area contributed by atoms with Crippen LogP contribution in [0.2, 0.25) is 5.02 Å². The predicted molar refractivity (Wildman–Crippen MR) is 119 cm³/mol. The number of nitro benzene ring substituents is 1. The first kappa shape index (κ1) is 22.6. The lowest BCUT2D eigenvalue weighted by Gasteiger charge is -2.15. The second kappa shape index (κ2) is 9.80. The standard InChI is InChI=1S/C20H20ClN5O4S/c1-12-7-8-16(21)17(9-12)30-13(2)19-23-24-20(25(19)3)31-11-18(27)22-14-5-4-6-15(10-14)26(28)29/h4-10,13H,11H2,1-3H3,(H,22,27). The Hall–Kier alpha value is -3.11. The molecule has 0 aliphatic carbocycles. The maximum atomic E-state index is 12.2. The van der Waals surface area contributed by atoms with E-state index in [1.165, 1.54) is 30.0 Å². The maximum absolute atomic E-state index is 12.2. The van der Waals surface area contributed by atoms with Gasteiger partial charge in [0.2, 0.25) is 5.91 Å². The van der Waals surface area contributed by atoms with Crippen molar-refractivity contribution in [1.82, 2.24) is 14.8 Å². The lowest BCUT2D eigenvalue weighted by Crippen LogP contribution is -2.15. The Bertz CT molecular complexity index is 1120. The minimum atomic E-state index is -0.515. The molecule has 1 atom stereocenters. The summed E-state index contributed by atoms with van der Waals surface area (Å²) in [6, 6.07) is 11.3. The van der Waals surface area contributed by atoms with Gasteiger partial charge in [-0.1, -0.05) is 35.5 Å². The molecule has 1 unspecified atom stereocenters. The molecule has 31 heavy (non-hydrogen) atoms. The highest BCUT2D eigenvalue weighted by atomic mass is 35.5. The average Bonchev–Trinajstić information content (AvgIpc) is 3.10. The molecule has 1 heterocycles. The van der Waals surface area contributed by atoms with E-state index in [9.17, 15) is 14.9 Å². The topological polar surface area (TPSA) is 112 Å². The molecule has 0 aliphatic rings. The Labute approximate surface area is 187 Å². The molecule has 2 aromatic carbocycles. The summed E-state index contributed by atoms with van der Waals surface area (Å²) in [4.78, 5) is 22.6. The zero-order valence-electron chi connectivity index (χ0n) is 17.0. The molecular formula is C20H20ClN5O4S. The van der Waals surface area contributed by atoms with E-state index in [4.69, 9.17) is 16.3 Å². The Balaban J connectivity index is 1.61. The van der Waals surface area contributed by atoms with Crippen molar-refractivity contribution in [2.45, 2.75) is 25.1 Å². The number of benzene rings is 2. The fourth-order valence-electron chi connectivity index (χ4n) is 2.77. The normalized spacial score (nSPS) is 11.7. The molecule has 1 aromatic heterocycles. The summed E-state index contributed by atoms with van der Waals surface area (Å²) in [6.07, 6.45) is -0.412. The van der Waals surface area contributed by atoms with Crippen molar-refractivity contribution in [3.05, 3.63) is 69.0 Å². The fourth-order valence-corrected chi connectivity index (χ4v) is 3.65. The fraction of sp³-hybridized carbons (Fsp3) is 0.250. The zero-order valence-corrected chi connectivity index (χ0v) is 18.6. The van der Waals surface area contributed by atoms with Crippen LogP contribution in [0.15, 0.2) is 47.6 Å². The Morgan fingerprint density at radius 1 is 1.32 bits per heavy atom. The summed E-state index contributed by atoms with van der Waals surface area (Å²) in [5, 5.41) is 22.8. The molecule has 0 radical (unpaired) electrons. The number of nitrogens with zero attached hydrogens (tertiary/aromatic N) is 4. The molecule has 162 valence electrons. The van der Waals surface area contributed by atoms with Gasteiger partial charge in [-0.25, -0.2) is 0 Å². The summed E-state index contributed by atoms with van der Waals surface area (Å²) in [5.41, 5.74) is 1.29. The number of non-ortho nitro benzene ring substituents is 1. The SMILES string of the molecule is Cc1ccc(Cl)c(OC(C)c2nnc(SCC(=O)Nc3cccc([N+](=O)[O-])c3)n2C)c1. The number of aromatic nitrogens is 3. The number of amides is 1. The highest BCUT2D eigenvalue weighted by Crippen LogP contribution is 2.30. The number of aryl methyl sites for hydroxylation is 1. The van der Waals surface area contributed by atoms with Crippen molar-refractivity contribution in [2.24, 2.45) is 7.05 Å². The lowest BCUT2D eigenvalue weighted by atomic mass is 10.2. The van der Waals surface area contributed by atoms with Crippen LogP contribution >= 0.6 is 23.4 Å². The van der Waals surface area contributed by atoms with Gasteiger partial charge in [-0.15, -0.1) is 10.2 Å². The molecule has 1 N–H and O–H groups in total. The van der Waals surface area contributed by atoms with Crippen LogP contribution < -0.4 is 10.1 Å². The first-order chi connectivity index (χ1) is 14.7. The number of carbonyl (C=O) groups excluding carboxylic acids is 1. The summed E-state index contributed by atoms with van der Waals surface area (Å²) in [7, 11) is 1.79. The Morgan fingerprint density at radius 2 is 2.10 bits per heavy atom. The van der Waals surface area contributed by atoms with Gasteiger partial charge in [-0.3, -0.25) is 14.9 Å². The van der Waals surface area contributed by atoms with E-state index in [0.717, 1.165) is 5.56 Å². The first-order valence-electron chi connectivity index (χ1n) is 9.24.